The van der Waals surface area contributed by atoms with Gasteiger partial charge in [0.15, 0.2) is 0 Å². The van der Waals surface area contributed by atoms with Crippen molar-refractivity contribution in [3.05, 3.63) is 29.8 Å². The molecule has 1 unspecified atom stereocenters. The molecule has 114 valence electrons. The van der Waals surface area contributed by atoms with Gasteiger partial charge in [-0.1, -0.05) is 0 Å². The van der Waals surface area contributed by atoms with Gasteiger partial charge < -0.3 is 15.0 Å². The van der Waals surface area contributed by atoms with E-state index < -0.39 is 0 Å². The molecule has 1 N–H and O–H groups in total. The van der Waals surface area contributed by atoms with Crippen LogP contribution in [0.2, 0.25) is 0 Å². The fraction of sp³-hybridized carbons (Fsp3) is 0.562. The molecule has 2 saturated heterocycles. The van der Waals surface area contributed by atoms with E-state index in [1.165, 1.54) is 0 Å². The van der Waals surface area contributed by atoms with Gasteiger partial charge in [-0.25, -0.2) is 0 Å². The van der Waals surface area contributed by atoms with Crippen LogP contribution in [-0.4, -0.2) is 68.1 Å². The highest BCUT2D eigenvalue weighted by atomic mass is 16.5. The second-order valence-electron chi connectivity index (χ2n) is 5.71. The Balaban J connectivity index is 1.60. The summed E-state index contributed by atoms with van der Waals surface area (Å²) in [6, 6.07) is 7.90. The molecule has 0 spiro atoms. The summed E-state index contributed by atoms with van der Waals surface area (Å²) in [6.45, 7) is 6.01. The standard InChI is InChI=1S/C16H23N3O2/c1-21-15-4-2-13(3-5-15)16(20)19-9-6-14(12-19)18-10-7-17-8-11-18/h2-5,14,17H,6-12H2,1H3. The van der Waals surface area contributed by atoms with Crippen LogP contribution >= 0.6 is 0 Å². The monoisotopic (exact) mass is 289 g/mol. The van der Waals surface area contributed by atoms with Crippen molar-refractivity contribution in [1.82, 2.24) is 15.1 Å². The highest BCUT2D eigenvalue weighted by Gasteiger charge is 2.31. The minimum absolute atomic E-state index is 0.135. The number of piperazine rings is 1. The Morgan fingerprint density at radius 3 is 2.57 bits per heavy atom. The summed E-state index contributed by atoms with van der Waals surface area (Å²) in [6.07, 6.45) is 1.09. The van der Waals surface area contributed by atoms with Gasteiger partial charge in [0.2, 0.25) is 0 Å². The van der Waals surface area contributed by atoms with Crippen LogP contribution in [-0.2, 0) is 0 Å². The topological polar surface area (TPSA) is 44.8 Å². The quantitative estimate of drug-likeness (QED) is 0.894. The molecule has 5 nitrogen and oxygen atoms in total. The average molecular weight is 289 g/mol. The molecule has 2 fully saturated rings. The lowest BCUT2D eigenvalue weighted by Crippen LogP contribution is -2.49. The minimum Gasteiger partial charge on any atom is -0.497 e. The van der Waals surface area contributed by atoms with E-state index in [2.05, 4.69) is 10.2 Å². The molecule has 3 rings (SSSR count). The smallest absolute Gasteiger partial charge is 0.253 e. The Morgan fingerprint density at radius 1 is 1.19 bits per heavy atom. The summed E-state index contributed by atoms with van der Waals surface area (Å²) in [4.78, 5) is 17.0. The number of nitrogens with one attached hydrogen (secondary N) is 1. The van der Waals surface area contributed by atoms with Crippen LogP contribution in [0.3, 0.4) is 0 Å². The third-order valence-electron chi connectivity index (χ3n) is 4.46. The first-order valence-electron chi connectivity index (χ1n) is 7.66. The molecule has 0 bridgehead atoms. The van der Waals surface area contributed by atoms with Gasteiger partial charge in [-0.2, -0.15) is 0 Å². The zero-order valence-corrected chi connectivity index (χ0v) is 12.5. The molecule has 2 aliphatic rings. The number of carbonyl (C=O) groups is 1. The number of benzene rings is 1. The third kappa shape index (κ3) is 3.19. The molecule has 21 heavy (non-hydrogen) atoms. The lowest BCUT2D eigenvalue weighted by Gasteiger charge is -2.32. The molecule has 5 heteroatoms. The summed E-state index contributed by atoms with van der Waals surface area (Å²) >= 11 is 0. The van der Waals surface area contributed by atoms with Gasteiger partial charge in [0.25, 0.3) is 5.91 Å². The van der Waals surface area contributed by atoms with E-state index in [4.69, 9.17) is 4.74 Å². The maximum absolute atomic E-state index is 12.5. The second-order valence-corrected chi connectivity index (χ2v) is 5.71. The average Bonchev–Trinajstić information content (AvgIpc) is 3.05. The lowest BCUT2D eigenvalue weighted by molar-refractivity contribution is 0.0773. The number of rotatable bonds is 3. The summed E-state index contributed by atoms with van der Waals surface area (Å²) in [7, 11) is 1.63. The maximum Gasteiger partial charge on any atom is 0.253 e. The van der Waals surface area contributed by atoms with Gasteiger partial charge >= 0.3 is 0 Å². The minimum atomic E-state index is 0.135. The first-order chi connectivity index (χ1) is 10.3. The van der Waals surface area contributed by atoms with E-state index >= 15 is 0 Å². The predicted octanol–water partition coefficient (Wildman–Crippen LogP) is 0.815. The molecule has 1 aromatic rings. The van der Waals surface area contributed by atoms with Crippen LogP contribution < -0.4 is 10.1 Å². The van der Waals surface area contributed by atoms with Crippen LogP contribution in [0.25, 0.3) is 0 Å². The highest BCUT2D eigenvalue weighted by molar-refractivity contribution is 5.94. The summed E-state index contributed by atoms with van der Waals surface area (Å²) in [5, 5.41) is 3.37. The number of hydrogen-bond donors (Lipinski definition) is 1. The maximum atomic E-state index is 12.5. The molecule has 1 atom stereocenters. The fourth-order valence-electron chi connectivity index (χ4n) is 3.19. The number of hydrogen-bond acceptors (Lipinski definition) is 4. The van der Waals surface area contributed by atoms with E-state index in [9.17, 15) is 4.79 Å². The van der Waals surface area contributed by atoms with E-state index in [0.29, 0.717) is 6.04 Å². The van der Waals surface area contributed by atoms with Crippen LogP contribution in [0.1, 0.15) is 16.8 Å². The van der Waals surface area contributed by atoms with Gasteiger partial charge in [0, 0.05) is 50.9 Å². The van der Waals surface area contributed by atoms with Crippen molar-refractivity contribution >= 4 is 5.91 Å². The fourth-order valence-corrected chi connectivity index (χ4v) is 3.19. The number of amides is 1. The molecule has 0 aromatic heterocycles. The number of nitrogens with zero attached hydrogens (tertiary/aromatic N) is 2. The van der Waals surface area contributed by atoms with Crippen molar-refractivity contribution < 1.29 is 9.53 Å². The number of carbonyl (C=O) groups excluding carboxylic acids is 1. The van der Waals surface area contributed by atoms with Crippen molar-refractivity contribution in [2.24, 2.45) is 0 Å². The van der Waals surface area contributed by atoms with Gasteiger partial charge in [-0.15, -0.1) is 0 Å². The summed E-state index contributed by atoms with van der Waals surface area (Å²) in [5.41, 5.74) is 0.747. The second kappa shape index (κ2) is 6.45. The Bertz CT molecular complexity index is 483. The molecular formula is C16H23N3O2. The SMILES string of the molecule is COc1ccc(C(=O)N2CCC(N3CCNCC3)C2)cc1. The Kier molecular flexibility index (Phi) is 4.41. The first kappa shape index (κ1) is 14.4. The van der Waals surface area contributed by atoms with Crippen LogP contribution in [0, 0.1) is 0 Å². The molecule has 2 heterocycles. The summed E-state index contributed by atoms with van der Waals surface area (Å²) in [5.74, 6) is 0.918. The molecule has 2 aliphatic heterocycles. The van der Waals surface area contributed by atoms with Crippen LogP contribution in [0.15, 0.2) is 24.3 Å². The first-order valence-corrected chi connectivity index (χ1v) is 7.66. The van der Waals surface area contributed by atoms with Crippen molar-refractivity contribution in [2.45, 2.75) is 12.5 Å². The molecule has 0 saturated carbocycles. The number of ether oxygens (including phenoxy) is 1. The van der Waals surface area contributed by atoms with Gasteiger partial charge in [0.05, 0.1) is 7.11 Å². The lowest BCUT2D eigenvalue weighted by atomic mass is 10.2. The zero-order valence-electron chi connectivity index (χ0n) is 12.5. The zero-order chi connectivity index (χ0) is 14.7. The molecule has 1 amide bonds. The molecule has 0 radical (unpaired) electrons. The Morgan fingerprint density at radius 2 is 1.90 bits per heavy atom. The Hall–Kier alpha value is -1.59. The molecule has 0 aliphatic carbocycles. The largest absolute Gasteiger partial charge is 0.497 e. The highest BCUT2D eigenvalue weighted by Crippen LogP contribution is 2.20. The number of likely N-dealkylation sites (tertiary alicyclic amines) is 1. The van der Waals surface area contributed by atoms with Crippen molar-refractivity contribution in [1.29, 1.82) is 0 Å². The van der Waals surface area contributed by atoms with Crippen LogP contribution in [0.4, 0.5) is 0 Å². The Labute approximate surface area is 125 Å². The molecular weight excluding hydrogens is 266 g/mol. The number of methoxy groups -OCH3 is 1. The van der Waals surface area contributed by atoms with E-state index in [1.807, 2.05) is 29.2 Å². The van der Waals surface area contributed by atoms with E-state index in [-0.39, 0.29) is 5.91 Å². The predicted molar refractivity (Wildman–Crippen MR) is 81.7 cm³/mol. The van der Waals surface area contributed by atoms with Gasteiger partial charge in [-0.3, -0.25) is 9.69 Å². The van der Waals surface area contributed by atoms with E-state index in [0.717, 1.165) is 57.0 Å². The van der Waals surface area contributed by atoms with E-state index in [1.54, 1.807) is 7.11 Å². The van der Waals surface area contributed by atoms with Gasteiger partial charge in [-0.05, 0) is 30.7 Å². The normalized spacial score (nSPS) is 23.3. The van der Waals surface area contributed by atoms with Crippen molar-refractivity contribution in [3.63, 3.8) is 0 Å². The third-order valence-corrected chi connectivity index (χ3v) is 4.46. The van der Waals surface area contributed by atoms with Crippen LogP contribution in [0.5, 0.6) is 5.75 Å². The van der Waals surface area contributed by atoms with Crippen molar-refractivity contribution in [3.8, 4) is 5.75 Å². The molecule has 1 aromatic carbocycles. The van der Waals surface area contributed by atoms with Gasteiger partial charge in [0.1, 0.15) is 5.75 Å². The summed E-state index contributed by atoms with van der Waals surface area (Å²) < 4.78 is 5.13. The van der Waals surface area contributed by atoms with Crippen molar-refractivity contribution in [2.75, 3.05) is 46.4 Å².